The molecule has 0 amide bonds. The van der Waals surface area contributed by atoms with Gasteiger partial charge in [0, 0.05) is 0 Å². The second-order valence-corrected chi connectivity index (χ2v) is 3.59. The van der Waals surface area contributed by atoms with Crippen LogP contribution in [0.5, 0.6) is 5.75 Å². The van der Waals surface area contributed by atoms with E-state index in [9.17, 15) is 14.1 Å². The fraction of sp³-hybridized carbons (Fsp3) is 0.417. The Kier molecular flexibility index (Phi) is 5.76. The van der Waals surface area contributed by atoms with Crippen LogP contribution >= 0.6 is 0 Å². The Morgan fingerprint density at radius 1 is 1.39 bits per heavy atom. The number of methoxy groups -OCH3 is 1. The number of carbonyl (C=O) groups is 1. The summed E-state index contributed by atoms with van der Waals surface area (Å²) >= 11 is 0. The minimum Gasteiger partial charge on any atom is -0.494 e. The summed E-state index contributed by atoms with van der Waals surface area (Å²) < 4.78 is 22.3. The highest BCUT2D eigenvalue weighted by Crippen LogP contribution is 2.12. The van der Waals surface area contributed by atoms with E-state index in [0.717, 1.165) is 0 Å². The normalized spacial score (nSPS) is 11.7. The van der Waals surface area contributed by atoms with Crippen molar-refractivity contribution < 1.29 is 18.7 Å². The average molecular weight is 255 g/mol. The zero-order chi connectivity index (χ0) is 13.4. The van der Waals surface area contributed by atoms with Gasteiger partial charge in [-0.05, 0) is 37.1 Å². The second kappa shape index (κ2) is 7.37. The average Bonchev–Trinajstić information content (AvgIpc) is 2.40. The Morgan fingerprint density at radius 3 is 2.61 bits per heavy atom. The lowest BCUT2D eigenvalue weighted by atomic mass is 10.2. The lowest BCUT2D eigenvalue weighted by Gasteiger charge is -2.08. The Balaban J connectivity index is 2.27. The van der Waals surface area contributed by atoms with Crippen molar-refractivity contribution in [2.24, 2.45) is 5.18 Å². The molecule has 1 aromatic carbocycles. The van der Waals surface area contributed by atoms with Crippen molar-refractivity contribution in [2.45, 2.75) is 18.9 Å². The van der Waals surface area contributed by atoms with Gasteiger partial charge >= 0.3 is 5.97 Å². The summed E-state index contributed by atoms with van der Waals surface area (Å²) in [5.74, 6) is -0.449. The van der Waals surface area contributed by atoms with Crippen LogP contribution in [0.3, 0.4) is 0 Å². The number of benzene rings is 1. The molecule has 1 atom stereocenters. The molecule has 0 aromatic heterocycles. The number of carbonyl (C=O) groups excluding carboxylic acids is 1. The molecule has 0 heterocycles. The molecule has 0 fully saturated rings. The molecule has 18 heavy (non-hydrogen) atoms. The minimum absolute atomic E-state index is 0.261. The van der Waals surface area contributed by atoms with Crippen LogP contribution in [0.4, 0.5) is 4.39 Å². The Labute approximate surface area is 104 Å². The van der Waals surface area contributed by atoms with Crippen LogP contribution in [-0.2, 0) is 9.53 Å². The molecule has 0 N–H and O–H groups in total. The summed E-state index contributed by atoms with van der Waals surface area (Å²) in [6.07, 6.45) is 0.736. The summed E-state index contributed by atoms with van der Waals surface area (Å²) in [5, 5.41) is 2.69. The SMILES string of the molecule is COC(=O)C(CCCOc1ccc(F)cc1)N=O. The predicted octanol–water partition coefficient (Wildman–Crippen LogP) is 2.29. The first-order valence-corrected chi connectivity index (χ1v) is 5.46. The molecule has 0 aliphatic rings. The molecule has 1 aromatic rings. The fourth-order valence-corrected chi connectivity index (χ4v) is 1.35. The van der Waals surface area contributed by atoms with E-state index in [1.165, 1.54) is 31.4 Å². The standard InChI is InChI=1S/C12H14FNO4/c1-17-12(15)11(14-16)3-2-8-18-10-6-4-9(13)5-7-10/h4-7,11H,2-3,8H2,1H3. The molecular weight excluding hydrogens is 241 g/mol. The molecule has 0 radical (unpaired) electrons. The van der Waals surface area contributed by atoms with Crippen LogP contribution in [0.1, 0.15) is 12.8 Å². The largest absolute Gasteiger partial charge is 0.494 e. The molecule has 1 rings (SSSR count). The van der Waals surface area contributed by atoms with E-state index in [4.69, 9.17) is 4.74 Å². The Bertz CT molecular complexity index is 394. The van der Waals surface area contributed by atoms with Crippen molar-refractivity contribution in [3.8, 4) is 5.75 Å². The van der Waals surface area contributed by atoms with Crippen molar-refractivity contribution >= 4 is 5.97 Å². The summed E-state index contributed by atoms with van der Waals surface area (Å²) in [7, 11) is 1.20. The minimum atomic E-state index is -0.994. The molecule has 0 bridgehead atoms. The number of hydrogen-bond donors (Lipinski definition) is 0. The maximum atomic E-state index is 12.6. The maximum absolute atomic E-state index is 12.6. The predicted molar refractivity (Wildman–Crippen MR) is 62.7 cm³/mol. The van der Waals surface area contributed by atoms with Gasteiger partial charge in [0.25, 0.3) is 0 Å². The van der Waals surface area contributed by atoms with Crippen molar-refractivity contribution in [3.05, 3.63) is 35.0 Å². The van der Waals surface area contributed by atoms with Gasteiger partial charge in [0.15, 0.2) is 6.04 Å². The van der Waals surface area contributed by atoms with Crippen LogP contribution in [0.2, 0.25) is 0 Å². The number of ether oxygens (including phenoxy) is 2. The highest BCUT2D eigenvalue weighted by Gasteiger charge is 2.18. The Morgan fingerprint density at radius 2 is 2.06 bits per heavy atom. The van der Waals surface area contributed by atoms with Crippen molar-refractivity contribution in [1.29, 1.82) is 0 Å². The lowest BCUT2D eigenvalue weighted by Crippen LogP contribution is -2.20. The monoisotopic (exact) mass is 255 g/mol. The summed E-state index contributed by atoms with van der Waals surface area (Å²) in [4.78, 5) is 21.4. The number of nitrogens with zero attached hydrogens (tertiary/aromatic N) is 1. The number of esters is 1. The highest BCUT2D eigenvalue weighted by atomic mass is 19.1. The van der Waals surface area contributed by atoms with Crippen molar-refractivity contribution in [2.75, 3.05) is 13.7 Å². The quantitative estimate of drug-likeness (QED) is 0.426. The fourth-order valence-electron chi connectivity index (χ4n) is 1.35. The van der Waals surface area contributed by atoms with Gasteiger partial charge in [0.05, 0.1) is 13.7 Å². The zero-order valence-electron chi connectivity index (χ0n) is 9.97. The van der Waals surface area contributed by atoms with Gasteiger partial charge in [0.2, 0.25) is 0 Å². The van der Waals surface area contributed by atoms with E-state index in [1.807, 2.05) is 0 Å². The number of nitroso groups, excluding NO2 is 1. The topological polar surface area (TPSA) is 65.0 Å². The van der Waals surface area contributed by atoms with Gasteiger partial charge in [-0.1, -0.05) is 5.18 Å². The molecule has 5 nitrogen and oxygen atoms in total. The van der Waals surface area contributed by atoms with E-state index >= 15 is 0 Å². The van der Waals surface area contributed by atoms with Gasteiger partial charge in [-0.15, -0.1) is 4.91 Å². The number of halogens is 1. The van der Waals surface area contributed by atoms with E-state index in [2.05, 4.69) is 9.91 Å². The van der Waals surface area contributed by atoms with E-state index < -0.39 is 12.0 Å². The van der Waals surface area contributed by atoms with Crippen molar-refractivity contribution in [1.82, 2.24) is 0 Å². The lowest BCUT2D eigenvalue weighted by molar-refractivity contribution is -0.142. The van der Waals surface area contributed by atoms with E-state index in [0.29, 0.717) is 18.8 Å². The third kappa shape index (κ3) is 4.48. The molecule has 6 heteroatoms. The maximum Gasteiger partial charge on any atom is 0.334 e. The second-order valence-electron chi connectivity index (χ2n) is 3.59. The van der Waals surface area contributed by atoms with Gasteiger partial charge in [-0.2, -0.15) is 0 Å². The van der Waals surface area contributed by atoms with Crippen LogP contribution in [0.15, 0.2) is 29.4 Å². The summed E-state index contributed by atoms with van der Waals surface area (Å²) in [6, 6.07) is 4.60. The van der Waals surface area contributed by atoms with Crippen LogP contribution in [0.25, 0.3) is 0 Å². The van der Waals surface area contributed by atoms with Gasteiger partial charge in [-0.25, -0.2) is 9.18 Å². The molecule has 98 valence electrons. The summed E-state index contributed by atoms with van der Waals surface area (Å²) in [5.41, 5.74) is 0. The van der Waals surface area contributed by atoms with Gasteiger partial charge in [0.1, 0.15) is 11.6 Å². The van der Waals surface area contributed by atoms with Crippen LogP contribution in [-0.4, -0.2) is 25.7 Å². The number of rotatable bonds is 7. The van der Waals surface area contributed by atoms with E-state index in [-0.39, 0.29) is 12.2 Å². The van der Waals surface area contributed by atoms with Crippen LogP contribution < -0.4 is 4.74 Å². The molecule has 0 saturated heterocycles. The smallest absolute Gasteiger partial charge is 0.334 e. The first-order valence-electron chi connectivity index (χ1n) is 5.46. The molecule has 0 aliphatic heterocycles. The van der Waals surface area contributed by atoms with Gasteiger partial charge < -0.3 is 9.47 Å². The first kappa shape index (κ1) is 14.1. The highest BCUT2D eigenvalue weighted by molar-refractivity contribution is 5.75. The van der Waals surface area contributed by atoms with E-state index in [1.54, 1.807) is 0 Å². The molecular formula is C12H14FNO4. The Hall–Kier alpha value is -1.98. The molecule has 1 unspecified atom stereocenters. The van der Waals surface area contributed by atoms with Gasteiger partial charge in [-0.3, -0.25) is 0 Å². The third-order valence-electron chi connectivity index (χ3n) is 2.30. The third-order valence-corrected chi connectivity index (χ3v) is 2.30. The van der Waals surface area contributed by atoms with Crippen molar-refractivity contribution in [3.63, 3.8) is 0 Å². The molecule has 0 aliphatic carbocycles. The molecule has 0 saturated carbocycles. The summed E-state index contributed by atoms with van der Waals surface area (Å²) in [6.45, 7) is 0.314. The molecule has 0 spiro atoms. The first-order chi connectivity index (χ1) is 8.67. The number of hydrogen-bond acceptors (Lipinski definition) is 5. The van der Waals surface area contributed by atoms with Crippen LogP contribution in [0, 0.1) is 10.7 Å². The zero-order valence-corrected chi connectivity index (χ0v) is 9.97.